The van der Waals surface area contributed by atoms with E-state index in [9.17, 15) is 0 Å². The molecule has 0 spiro atoms. The van der Waals surface area contributed by atoms with Crippen LogP contribution >= 0.6 is 0 Å². The number of nitrogens with zero attached hydrogens (tertiary/aromatic N) is 4. The van der Waals surface area contributed by atoms with Crippen molar-refractivity contribution in [1.82, 2.24) is 14.5 Å². The number of aromatic nitrogens is 3. The van der Waals surface area contributed by atoms with Gasteiger partial charge in [0.05, 0.1) is 26.3 Å². The Kier molecular flexibility index (Phi) is 4.65. The third-order valence-electron chi connectivity index (χ3n) is 4.97. The van der Waals surface area contributed by atoms with Gasteiger partial charge in [-0.2, -0.15) is 4.98 Å². The van der Waals surface area contributed by atoms with Crippen LogP contribution in [0.15, 0.2) is 36.5 Å². The van der Waals surface area contributed by atoms with Gasteiger partial charge in [-0.3, -0.25) is 0 Å². The van der Waals surface area contributed by atoms with Crippen LogP contribution in [0.1, 0.15) is 24.8 Å². The maximum Gasteiger partial charge on any atom is 0.208 e. The van der Waals surface area contributed by atoms with Gasteiger partial charge in [-0.05, 0) is 43.5 Å². The molecule has 1 saturated heterocycles. The van der Waals surface area contributed by atoms with Crippen LogP contribution in [-0.4, -0.2) is 41.8 Å². The van der Waals surface area contributed by atoms with Crippen LogP contribution < -0.4 is 14.4 Å². The van der Waals surface area contributed by atoms with Crippen molar-refractivity contribution in [2.24, 2.45) is 0 Å². The Bertz CT molecular complexity index is 900. The monoisotopic (exact) mass is 352 g/mol. The molecule has 0 N–H and O–H groups in total. The molecule has 3 aromatic rings. The first kappa shape index (κ1) is 16.7. The van der Waals surface area contributed by atoms with E-state index < -0.39 is 0 Å². The Balaban J connectivity index is 1.77. The molecule has 0 aliphatic carbocycles. The predicted molar refractivity (Wildman–Crippen MR) is 102 cm³/mol. The maximum absolute atomic E-state index is 5.59. The lowest BCUT2D eigenvalue weighted by Gasteiger charge is -2.28. The average Bonchev–Trinajstić information content (AvgIpc) is 3.07. The third-order valence-corrected chi connectivity index (χ3v) is 4.97. The largest absolute Gasteiger partial charge is 0.497 e. The van der Waals surface area contributed by atoms with Crippen molar-refractivity contribution in [3.8, 4) is 11.5 Å². The number of rotatable bonds is 5. The molecule has 6 heteroatoms. The molecule has 0 bridgehead atoms. The van der Waals surface area contributed by atoms with Crippen LogP contribution in [0.4, 0.5) is 5.95 Å². The summed E-state index contributed by atoms with van der Waals surface area (Å²) in [6.07, 6.45) is 5.51. The van der Waals surface area contributed by atoms with Crippen LogP contribution in [0.25, 0.3) is 11.2 Å². The SMILES string of the molecule is COc1ccc(Cn2c(N3CCCCC3)nc3ncccc32)c(OC)c1. The van der Waals surface area contributed by atoms with Crippen molar-refractivity contribution in [2.45, 2.75) is 25.8 Å². The standard InChI is InChI=1S/C20H24N4O2/c1-25-16-9-8-15(18(13-16)26-2)14-24-17-7-6-10-21-19(17)22-20(24)23-11-4-3-5-12-23/h6-10,13H,3-5,11-12,14H2,1-2H3. The highest BCUT2D eigenvalue weighted by Crippen LogP contribution is 2.29. The molecule has 0 atom stereocenters. The van der Waals surface area contributed by atoms with Gasteiger partial charge in [-0.1, -0.05) is 0 Å². The van der Waals surface area contributed by atoms with Crippen molar-refractivity contribution in [1.29, 1.82) is 0 Å². The Labute approximate surface area is 153 Å². The minimum absolute atomic E-state index is 0.682. The normalized spacial score (nSPS) is 14.6. The number of anilines is 1. The number of benzene rings is 1. The molecule has 2 aromatic heterocycles. The molecule has 26 heavy (non-hydrogen) atoms. The molecule has 4 rings (SSSR count). The van der Waals surface area contributed by atoms with Crippen LogP contribution in [0.2, 0.25) is 0 Å². The lowest BCUT2D eigenvalue weighted by atomic mass is 10.1. The van der Waals surface area contributed by atoms with Crippen molar-refractivity contribution >= 4 is 17.1 Å². The van der Waals surface area contributed by atoms with Crippen molar-refractivity contribution < 1.29 is 9.47 Å². The van der Waals surface area contributed by atoms with Crippen molar-refractivity contribution in [3.63, 3.8) is 0 Å². The highest BCUT2D eigenvalue weighted by molar-refractivity contribution is 5.75. The van der Waals surface area contributed by atoms with Crippen LogP contribution in [0.3, 0.4) is 0 Å². The second kappa shape index (κ2) is 7.23. The Morgan fingerprint density at radius 3 is 2.65 bits per heavy atom. The van der Waals surface area contributed by atoms with Gasteiger partial charge in [0.15, 0.2) is 5.65 Å². The number of imidazole rings is 1. The number of methoxy groups -OCH3 is 2. The number of ether oxygens (including phenoxy) is 2. The second-order valence-electron chi connectivity index (χ2n) is 6.57. The summed E-state index contributed by atoms with van der Waals surface area (Å²) >= 11 is 0. The number of fused-ring (bicyclic) bond motifs is 1. The van der Waals surface area contributed by atoms with Gasteiger partial charge in [-0.15, -0.1) is 0 Å². The van der Waals surface area contributed by atoms with E-state index in [0.717, 1.165) is 47.3 Å². The number of pyridine rings is 1. The van der Waals surface area contributed by atoms with Crippen LogP contribution in [-0.2, 0) is 6.54 Å². The van der Waals surface area contributed by atoms with Crippen molar-refractivity contribution in [3.05, 3.63) is 42.1 Å². The molecule has 0 radical (unpaired) electrons. The number of piperidine rings is 1. The summed E-state index contributed by atoms with van der Waals surface area (Å²) in [7, 11) is 3.36. The maximum atomic E-state index is 5.59. The highest BCUT2D eigenvalue weighted by Gasteiger charge is 2.20. The van der Waals surface area contributed by atoms with Gasteiger partial charge in [0.25, 0.3) is 0 Å². The van der Waals surface area contributed by atoms with Gasteiger partial charge in [0.1, 0.15) is 11.5 Å². The molecule has 3 heterocycles. The molecule has 6 nitrogen and oxygen atoms in total. The van der Waals surface area contributed by atoms with Gasteiger partial charge >= 0.3 is 0 Å². The van der Waals surface area contributed by atoms with Gasteiger partial charge in [0, 0.05) is 30.9 Å². The minimum atomic E-state index is 0.682. The molecule has 0 unspecified atom stereocenters. The quantitative estimate of drug-likeness (QED) is 0.704. The molecular formula is C20H24N4O2. The fraction of sp³-hybridized carbons (Fsp3) is 0.400. The van der Waals surface area contributed by atoms with E-state index in [4.69, 9.17) is 14.5 Å². The molecule has 1 aliphatic heterocycles. The average molecular weight is 352 g/mol. The Morgan fingerprint density at radius 1 is 1.04 bits per heavy atom. The first-order valence-corrected chi connectivity index (χ1v) is 9.07. The number of hydrogen-bond donors (Lipinski definition) is 0. The lowest BCUT2D eigenvalue weighted by molar-refractivity contribution is 0.390. The Morgan fingerprint density at radius 2 is 1.88 bits per heavy atom. The minimum Gasteiger partial charge on any atom is -0.497 e. The molecule has 0 saturated carbocycles. The summed E-state index contributed by atoms with van der Waals surface area (Å²) in [5, 5.41) is 0. The summed E-state index contributed by atoms with van der Waals surface area (Å²) in [6, 6.07) is 9.99. The van der Waals surface area contributed by atoms with E-state index in [1.54, 1.807) is 20.4 Å². The smallest absolute Gasteiger partial charge is 0.208 e. The van der Waals surface area contributed by atoms with E-state index >= 15 is 0 Å². The summed E-state index contributed by atoms with van der Waals surface area (Å²) in [5.41, 5.74) is 2.93. The van der Waals surface area contributed by atoms with E-state index in [0.29, 0.717) is 6.54 Å². The summed E-state index contributed by atoms with van der Waals surface area (Å²) in [5.74, 6) is 2.61. The summed E-state index contributed by atoms with van der Waals surface area (Å²) in [4.78, 5) is 11.7. The second-order valence-corrected chi connectivity index (χ2v) is 6.57. The first-order valence-electron chi connectivity index (χ1n) is 9.07. The van der Waals surface area contributed by atoms with Gasteiger partial charge in [-0.25, -0.2) is 4.98 Å². The van der Waals surface area contributed by atoms with E-state index in [-0.39, 0.29) is 0 Å². The topological polar surface area (TPSA) is 52.4 Å². The van der Waals surface area contributed by atoms with Crippen LogP contribution in [0, 0.1) is 0 Å². The molecule has 1 fully saturated rings. The zero-order chi connectivity index (χ0) is 17.9. The highest BCUT2D eigenvalue weighted by atomic mass is 16.5. The summed E-state index contributed by atoms with van der Waals surface area (Å²) in [6.45, 7) is 2.77. The first-order chi connectivity index (χ1) is 12.8. The van der Waals surface area contributed by atoms with Crippen LogP contribution in [0.5, 0.6) is 11.5 Å². The summed E-state index contributed by atoms with van der Waals surface area (Å²) < 4.78 is 13.2. The molecule has 1 aromatic carbocycles. The molecule has 0 amide bonds. The van der Waals surface area contributed by atoms with E-state index in [1.165, 1.54) is 19.3 Å². The molecular weight excluding hydrogens is 328 g/mol. The van der Waals surface area contributed by atoms with Gasteiger partial charge in [0.2, 0.25) is 5.95 Å². The Hall–Kier alpha value is -2.76. The lowest BCUT2D eigenvalue weighted by Crippen LogP contribution is -2.32. The zero-order valence-electron chi connectivity index (χ0n) is 15.3. The number of hydrogen-bond acceptors (Lipinski definition) is 5. The zero-order valence-corrected chi connectivity index (χ0v) is 15.3. The fourth-order valence-electron chi connectivity index (χ4n) is 3.59. The van der Waals surface area contributed by atoms with E-state index in [2.05, 4.69) is 26.6 Å². The fourth-order valence-corrected chi connectivity index (χ4v) is 3.59. The molecule has 1 aliphatic rings. The molecule has 136 valence electrons. The van der Waals surface area contributed by atoms with Gasteiger partial charge < -0.3 is 18.9 Å². The third kappa shape index (κ3) is 3.07. The van der Waals surface area contributed by atoms with Crippen molar-refractivity contribution in [2.75, 3.05) is 32.2 Å². The predicted octanol–water partition coefficient (Wildman–Crippen LogP) is 3.49. The van der Waals surface area contributed by atoms with E-state index in [1.807, 2.05) is 18.2 Å².